The monoisotopic (exact) mass is 359 g/mol. The minimum absolute atomic E-state index is 0.469. The van der Waals surface area contributed by atoms with Gasteiger partial charge in [-0.15, -0.1) is 0 Å². The lowest BCUT2D eigenvalue weighted by molar-refractivity contribution is 0.687. The zero-order valence-electron chi connectivity index (χ0n) is 15.4. The van der Waals surface area contributed by atoms with Gasteiger partial charge < -0.3 is 15.6 Å². The SMILES string of the molecule is NC(=NCc1ccc(Cn2ccnc2)cc1)Nc1cccc2c1CCCC2. The first-order chi connectivity index (χ1) is 13.3. The van der Waals surface area contributed by atoms with E-state index in [-0.39, 0.29) is 0 Å². The van der Waals surface area contributed by atoms with Crippen molar-refractivity contribution in [2.45, 2.75) is 38.8 Å². The van der Waals surface area contributed by atoms with E-state index in [2.05, 4.69) is 62.3 Å². The summed E-state index contributed by atoms with van der Waals surface area (Å²) in [5, 5.41) is 3.30. The van der Waals surface area contributed by atoms with Gasteiger partial charge in [-0.1, -0.05) is 36.4 Å². The Morgan fingerprint density at radius 1 is 1.07 bits per heavy atom. The van der Waals surface area contributed by atoms with Crippen LogP contribution in [0.3, 0.4) is 0 Å². The van der Waals surface area contributed by atoms with Crippen LogP contribution in [0.15, 0.2) is 66.2 Å². The fourth-order valence-corrected chi connectivity index (χ4v) is 3.59. The first-order valence-corrected chi connectivity index (χ1v) is 9.49. The van der Waals surface area contributed by atoms with E-state index >= 15 is 0 Å². The zero-order chi connectivity index (χ0) is 18.5. The van der Waals surface area contributed by atoms with Crippen molar-refractivity contribution in [3.05, 3.63) is 83.4 Å². The van der Waals surface area contributed by atoms with Crippen molar-refractivity contribution in [2.75, 3.05) is 5.32 Å². The molecule has 3 aromatic rings. The van der Waals surface area contributed by atoms with Crippen LogP contribution in [0.1, 0.15) is 35.1 Å². The van der Waals surface area contributed by atoms with Crippen LogP contribution in [0.25, 0.3) is 0 Å². The second kappa shape index (κ2) is 8.08. The maximum Gasteiger partial charge on any atom is 0.193 e. The molecule has 0 saturated carbocycles. The molecule has 1 aromatic heterocycles. The molecule has 1 aliphatic carbocycles. The van der Waals surface area contributed by atoms with Gasteiger partial charge in [0.15, 0.2) is 5.96 Å². The molecule has 0 spiro atoms. The highest BCUT2D eigenvalue weighted by molar-refractivity contribution is 5.93. The fourth-order valence-electron chi connectivity index (χ4n) is 3.59. The maximum absolute atomic E-state index is 6.14. The number of aromatic nitrogens is 2. The van der Waals surface area contributed by atoms with Crippen molar-refractivity contribution < 1.29 is 0 Å². The van der Waals surface area contributed by atoms with Gasteiger partial charge in [0.1, 0.15) is 0 Å². The third-order valence-electron chi connectivity index (χ3n) is 5.04. The number of anilines is 1. The van der Waals surface area contributed by atoms with Crippen LogP contribution in [0.2, 0.25) is 0 Å². The summed E-state index contributed by atoms with van der Waals surface area (Å²) in [6, 6.07) is 14.9. The van der Waals surface area contributed by atoms with E-state index in [0.29, 0.717) is 12.5 Å². The van der Waals surface area contributed by atoms with E-state index in [4.69, 9.17) is 5.73 Å². The average Bonchev–Trinajstić information content (AvgIpc) is 3.21. The second-order valence-corrected chi connectivity index (χ2v) is 7.03. The first-order valence-electron chi connectivity index (χ1n) is 9.49. The van der Waals surface area contributed by atoms with Gasteiger partial charge in [0.25, 0.3) is 0 Å². The van der Waals surface area contributed by atoms with Gasteiger partial charge in [0, 0.05) is 24.6 Å². The van der Waals surface area contributed by atoms with Crippen molar-refractivity contribution in [2.24, 2.45) is 10.7 Å². The summed E-state index contributed by atoms with van der Waals surface area (Å²) in [7, 11) is 0. The van der Waals surface area contributed by atoms with Crippen molar-refractivity contribution in [3.8, 4) is 0 Å². The Hall–Kier alpha value is -3.08. The number of aliphatic imine (C=N–C) groups is 1. The fraction of sp³-hybridized carbons (Fsp3) is 0.273. The predicted octanol–water partition coefficient (Wildman–Crippen LogP) is 3.74. The van der Waals surface area contributed by atoms with Crippen molar-refractivity contribution >= 4 is 11.6 Å². The third kappa shape index (κ3) is 4.37. The van der Waals surface area contributed by atoms with Gasteiger partial charge in [-0.2, -0.15) is 0 Å². The summed E-state index contributed by atoms with van der Waals surface area (Å²) in [6.45, 7) is 1.39. The molecule has 0 fully saturated rings. The summed E-state index contributed by atoms with van der Waals surface area (Å²) in [5.74, 6) is 0.469. The molecule has 4 rings (SSSR count). The van der Waals surface area contributed by atoms with Gasteiger partial charge in [-0.3, -0.25) is 0 Å². The molecule has 0 unspecified atom stereocenters. The number of nitrogens with zero attached hydrogens (tertiary/aromatic N) is 3. The number of nitrogens with one attached hydrogen (secondary N) is 1. The lowest BCUT2D eigenvalue weighted by Gasteiger charge is -2.19. The maximum atomic E-state index is 6.14. The van der Waals surface area contributed by atoms with Crippen LogP contribution >= 0.6 is 0 Å². The molecular weight excluding hydrogens is 334 g/mol. The molecule has 3 N–H and O–H groups in total. The number of rotatable bonds is 5. The number of nitrogens with two attached hydrogens (primary N) is 1. The Kier molecular flexibility index (Phi) is 5.19. The highest BCUT2D eigenvalue weighted by Gasteiger charge is 2.13. The van der Waals surface area contributed by atoms with Gasteiger partial charge in [-0.05, 0) is 54.0 Å². The minimum Gasteiger partial charge on any atom is -0.370 e. The smallest absolute Gasteiger partial charge is 0.193 e. The Morgan fingerprint density at radius 2 is 1.89 bits per heavy atom. The number of aryl methyl sites for hydroxylation is 1. The summed E-state index contributed by atoms with van der Waals surface area (Å²) in [5.41, 5.74) is 12.4. The van der Waals surface area contributed by atoms with E-state index in [9.17, 15) is 0 Å². The lowest BCUT2D eigenvalue weighted by Crippen LogP contribution is -2.24. The van der Waals surface area contributed by atoms with E-state index in [1.165, 1.54) is 29.5 Å². The number of imidazole rings is 1. The summed E-state index contributed by atoms with van der Waals surface area (Å²) in [6.07, 6.45) is 10.4. The van der Waals surface area contributed by atoms with E-state index in [1.54, 1.807) is 6.20 Å². The number of fused-ring (bicyclic) bond motifs is 1. The molecule has 0 bridgehead atoms. The van der Waals surface area contributed by atoms with Crippen LogP contribution in [0, 0.1) is 0 Å². The average molecular weight is 359 g/mol. The Labute approximate surface area is 160 Å². The number of hydrogen-bond acceptors (Lipinski definition) is 2. The van der Waals surface area contributed by atoms with Crippen molar-refractivity contribution in [1.29, 1.82) is 0 Å². The predicted molar refractivity (Wildman–Crippen MR) is 110 cm³/mol. The van der Waals surface area contributed by atoms with Crippen LogP contribution in [0.4, 0.5) is 5.69 Å². The largest absolute Gasteiger partial charge is 0.370 e. The van der Waals surface area contributed by atoms with E-state index in [0.717, 1.165) is 30.6 Å². The highest BCUT2D eigenvalue weighted by atomic mass is 15.1. The molecule has 0 aliphatic heterocycles. The van der Waals surface area contributed by atoms with Crippen molar-refractivity contribution in [3.63, 3.8) is 0 Å². The normalized spacial score (nSPS) is 14.0. The second-order valence-electron chi connectivity index (χ2n) is 7.03. The summed E-state index contributed by atoms with van der Waals surface area (Å²) in [4.78, 5) is 8.58. The molecule has 27 heavy (non-hydrogen) atoms. The summed E-state index contributed by atoms with van der Waals surface area (Å²) >= 11 is 0. The Bertz CT molecular complexity index is 910. The zero-order valence-corrected chi connectivity index (χ0v) is 15.4. The number of hydrogen-bond donors (Lipinski definition) is 2. The molecule has 5 nitrogen and oxygen atoms in total. The topological polar surface area (TPSA) is 68.2 Å². The lowest BCUT2D eigenvalue weighted by atomic mass is 9.90. The standard InChI is InChI=1S/C22H25N5/c23-22(26-21-7-3-5-19-4-1-2-6-20(19)21)25-14-17-8-10-18(11-9-17)15-27-13-12-24-16-27/h3,5,7-13,16H,1-2,4,6,14-15H2,(H3,23,25,26). The van der Waals surface area contributed by atoms with Gasteiger partial charge in [-0.25, -0.2) is 9.98 Å². The molecule has 0 saturated heterocycles. The molecular formula is C22H25N5. The Balaban J connectivity index is 1.38. The van der Waals surface area contributed by atoms with Gasteiger partial charge in [0.05, 0.1) is 12.9 Å². The molecule has 138 valence electrons. The quantitative estimate of drug-likeness (QED) is 0.539. The molecule has 2 aromatic carbocycles. The van der Waals surface area contributed by atoms with Crippen LogP contribution in [0.5, 0.6) is 0 Å². The Morgan fingerprint density at radius 3 is 2.70 bits per heavy atom. The molecule has 0 amide bonds. The van der Waals surface area contributed by atoms with Crippen LogP contribution in [-0.4, -0.2) is 15.5 Å². The molecule has 1 aliphatic rings. The summed E-state index contributed by atoms with van der Waals surface area (Å²) < 4.78 is 2.05. The van der Waals surface area contributed by atoms with Crippen molar-refractivity contribution in [1.82, 2.24) is 9.55 Å². The van der Waals surface area contributed by atoms with Gasteiger partial charge >= 0.3 is 0 Å². The molecule has 1 heterocycles. The minimum atomic E-state index is 0.469. The first kappa shape index (κ1) is 17.3. The number of benzene rings is 2. The highest BCUT2D eigenvalue weighted by Crippen LogP contribution is 2.27. The number of guanidine groups is 1. The van der Waals surface area contributed by atoms with E-state index < -0.39 is 0 Å². The van der Waals surface area contributed by atoms with Crippen LogP contribution < -0.4 is 11.1 Å². The van der Waals surface area contributed by atoms with Gasteiger partial charge in [0.2, 0.25) is 0 Å². The van der Waals surface area contributed by atoms with Crippen LogP contribution in [-0.2, 0) is 25.9 Å². The van der Waals surface area contributed by atoms with E-state index in [1.807, 2.05) is 12.5 Å². The molecule has 0 atom stereocenters. The molecule has 5 heteroatoms. The third-order valence-corrected chi connectivity index (χ3v) is 5.04. The molecule has 0 radical (unpaired) electrons.